The molecule has 3 aromatic rings. The number of nitrogens with one attached hydrogen (secondary N) is 1. The number of hydrogen-bond acceptors (Lipinski definition) is 10. The highest BCUT2D eigenvalue weighted by atomic mass is 32.1. The van der Waals surface area contributed by atoms with Crippen LogP contribution in [0, 0.1) is 0 Å². The van der Waals surface area contributed by atoms with Crippen LogP contribution in [0.1, 0.15) is 22.9 Å². The average molecular weight is 455 g/mol. The minimum absolute atomic E-state index is 0.0393. The molecule has 0 spiro atoms. The van der Waals surface area contributed by atoms with Crippen molar-refractivity contribution >= 4 is 28.1 Å². The lowest BCUT2D eigenvalue weighted by Gasteiger charge is -2.16. The zero-order chi connectivity index (χ0) is 22.3. The highest BCUT2D eigenvalue weighted by molar-refractivity contribution is 7.15. The molecular weight excluding hydrogens is 428 g/mol. The van der Waals surface area contributed by atoms with Crippen molar-refractivity contribution in [1.29, 1.82) is 0 Å². The third kappa shape index (κ3) is 5.38. The molecule has 10 heteroatoms. The molecule has 0 saturated carbocycles. The van der Waals surface area contributed by atoms with E-state index >= 15 is 0 Å². The van der Waals surface area contributed by atoms with Gasteiger partial charge in [0.1, 0.15) is 16.5 Å². The van der Waals surface area contributed by atoms with E-state index in [2.05, 4.69) is 30.6 Å². The first-order chi connectivity index (χ1) is 15.7. The van der Waals surface area contributed by atoms with Gasteiger partial charge < -0.3 is 19.7 Å². The third-order valence-corrected chi connectivity index (χ3v) is 6.26. The van der Waals surface area contributed by atoms with Crippen LogP contribution >= 0.6 is 11.3 Å². The van der Waals surface area contributed by atoms with E-state index < -0.39 is 0 Å². The second-order valence-corrected chi connectivity index (χ2v) is 8.65. The second kappa shape index (κ2) is 10.5. The maximum absolute atomic E-state index is 13.0. The lowest BCUT2D eigenvalue weighted by molar-refractivity contribution is -0.121. The molecule has 32 heavy (non-hydrogen) atoms. The van der Waals surface area contributed by atoms with Crippen LogP contribution in [0.5, 0.6) is 5.75 Å². The van der Waals surface area contributed by atoms with Gasteiger partial charge in [-0.15, -0.1) is 15.3 Å². The predicted molar refractivity (Wildman–Crippen MR) is 123 cm³/mol. The summed E-state index contributed by atoms with van der Waals surface area (Å²) in [4.78, 5) is 15.2. The van der Waals surface area contributed by atoms with Crippen LogP contribution in [-0.4, -0.2) is 66.1 Å². The van der Waals surface area contributed by atoms with E-state index in [1.807, 2.05) is 36.4 Å². The summed E-state index contributed by atoms with van der Waals surface area (Å²) in [5.74, 6) is 1.25. The summed E-state index contributed by atoms with van der Waals surface area (Å²) < 4.78 is 10.6. The van der Waals surface area contributed by atoms with Gasteiger partial charge in [0.05, 0.1) is 26.1 Å². The molecule has 1 aliphatic heterocycles. The molecule has 0 radical (unpaired) electrons. The molecule has 1 N–H and O–H groups in total. The van der Waals surface area contributed by atoms with E-state index in [1.54, 1.807) is 20.4 Å². The monoisotopic (exact) mass is 454 g/mol. The number of ether oxygens (including phenoxy) is 2. The molecule has 1 aliphatic rings. The van der Waals surface area contributed by atoms with Crippen LogP contribution in [0.4, 0.5) is 10.9 Å². The van der Waals surface area contributed by atoms with Crippen LogP contribution in [0.25, 0.3) is 0 Å². The molecule has 2 atom stereocenters. The van der Waals surface area contributed by atoms with Gasteiger partial charge in [0.25, 0.3) is 0 Å². The lowest BCUT2D eigenvalue weighted by Crippen LogP contribution is -2.26. The quantitative estimate of drug-likeness (QED) is 0.495. The topological polar surface area (TPSA) is 102 Å². The Kier molecular flexibility index (Phi) is 7.23. The van der Waals surface area contributed by atoms with Gasteiger partial charge in [-0.25, -0.2) is 0 Å². The van der Waals surface area contributed by atoms with Crippen molar-refractivity contribution in [2.24, 2.45) is 0 Å². The molecule has 0 unspecified atom stereocenters. The Balaban J connectivity index is 1.36. The van der Waals surface area contributed by atoms with Gasteiger partial charge in [0.2, 0.25) is 5.13 Å². The normalized spacial score (nSPS) is 16.7. The summed E-state index contributed by atoms with van der Waals surface area (Å²) in [5.41, 5.74) is 0.870. The average Bonchev–Trinajstić information content (AvgIpc) is 3.48. The fraction of sp³-hybridized carbons (Fsp3) is 0.409. The summed E-state index contributed by atoms with van der Waals surface area (Å²) in [5, 5.41) is 21.4. The minimum atomic E-state index is -0.384. The first-order valence-corrected chi connectivity index (χ1v) is 11.2. The number of Topliss-reactive ketones (excluding diaryl/α,β-unsaturated/α-hetero) is 1. The van der Waals surface area contributed by atoms with Crippen LogP contribution in [0.15, 0.2) is 42.6 Å². The van der Waals surface area contributed by atoms with Gasteiger partial charge in [0, 0.05) is 32.4 Å². The fourth-order valence-electron chi connectivity index (χ4n) is 3.78. The number of rotatable bonds is 10. The number of anilines is 2. The molecule has 0 bridgehead atoms. The first-order valence-electron chi connectivity index (χ1n) is 10.4. The van der Waals surface area contributed by atoms with Crippen LogP contribution in [0.3, 0.4) is 0 Å². The third-order valence-electron chi connectivity index (χ3n) is 5.41. The fourth-order valence-corrected chi connectivity index (χ4v) is 4.60. The number of carbonyl (C=O) groups excluding carboxylic acids is 1. The molecule has 4 rings (SSSR count). The van der Waals surface area contributed by atoms with Crippen molar-refractivity contribution in [1.82, 2.24) is 20.4 Å². The molecule has 9 nitrogen and oxygen atoms in total. The molecule has 168 valence electrons. The SMILES string of the molecule is COC[C@@H](C(=O)Cc1nnc(N[C@@H]2CCN(c3cccnn3)C2)s1)c1cccc(OC)c1. The second-order valence-electron chi connectivity index (χ2n) is 7.59. The van der Waals surface area contributed by atoms with E-state index in [-0.39, 0.29) is 24.2 Å². The molecule has 1 aromatic carbocycles. The summed E-state index contributed by atoms with van der Waals surface area (Å²) in [6, 6.07) is 11.6. The Morgan fingerprint density at radius 2 is 2.16 bits per heavy atom. The van der Waals surface area contributed by atoms with E-state index in [0.29, 0.717) is 17.4 Å². The van der Waals surface area contributed by atoms with Crippen molar-refractivity contribution in [3.8, 4) is 5.75 Å². The first kappa shape index (κ1) is 22.1. The summed E-state index contributed by atoms with van der Waals surface area (Å²) in [7, 11) is 3.21. The maximum atomic E-state index is 13.0. The molecular formula is C22H26N6O3S. The predicted octanol–water partition coefficient (Wildman–Crippen LogP) is 2.57. The van der Waals surface area contributed by atoms with Crippen molar-refractivity contribution < 1.29 is 14.3 Å². The number of benzene rings is 1. The highest BCUT2D eigenvalue weighted by Crippen LogP contribution is 2.26. The zero-order valence-corrected chi connectivity index (χ0v) is 18.9. The van der Waals surface area contributed by atoms with Crippen LogP contribution in [0.2, 0.25) is 0 Å². The Labute approximate surface area is 190 Å². The Morgan fingerprint density at radius 3 is 2.94 bits per heavy atom. The Morgan fingerprint density at radius 1 is 1.25 bits per heavy atom. The number of methoxy groups -OCH3 is 2. The Bertz CT molecular complexity index is 1030. The van der Waals surface area contributed by atoms with Crippen molar-refractivity contribution in [2.45, 2.75) is 24.8 Å². The van der Waals surface area contributed by atoms with Crippen molar-refractivity contribution in [3.63, 3.8) is 0 Å². The zero-order valence-electron chi connectivity index (χ0n) is 18.1. The van der Waals surface area contributed by atoms with Gasteiger partial charge in [-0.1, -0.05) is 23.5 Å². The maximum Gasteiger partial charge on any atom is 0.205 e. The number of nitrogens with zero attached hydrogens (tertiary/aromatic N) is 5. The lowest BCUT2D eigenvalue weighted by atomic mass is 9.93. The van der Waals surface area contributed by atoms with Crippen molar-refractivity contribution in [3.05, 3.63) is 53.2 Å². The summed E-state index contributed by atoms with van der Waals surface area (Å²) >= 11 is 1.42. The van der Waals surface area contributed by atoms with E-state index in [9.17, 15) is 4.79 Å². The number of ketones is 1. The van der Waals surface area contributed by atoms with Crippen molar-refractivity contribution in [2.75, 3.05) is 44.1 Å². The van der Waals surface area contributed by atoms with Gasteiger partial charge in [-0.05, 0) is 36.2 Å². The van der Waals surface area contributed by atoms with Gasteiger partial charge in [-0.2, -0.15) is 5.10 Å². The van der Waals surface area contributed by atoms with E-state index in [1.165, 1.54) is 11.3 Å². The smallest absolute Gasteiger partial charge is 0.205 e. The molecule has 1 saturated heterocycles. The molecule has 1 fully saturated rings. The van der Waals surface area contributed by atoms with Crippen LogP contribution in [-0.2, 0) is 16.0 Å². The van der Waals surface area contributed by atoms with Gasteiger partial charge in [0.15, 0.2) is 5.82 Å². The molecule has 2 aromatic heterocycles. The number of carbonyl (C=O) groups is 1. The summed E-state index contributed by atoms with van der Waals surface area (Å²) in [6.07, 6.45) is 2.85. The van der Waals surface area contributed by atoms with Gasteiger partial charge in [-0.3, -0.25) is 4.79 Å². The van der Waals surface area contributed by atoms with E-state index in [4.69, 9.17) is 9.47 Å². The summed E-state index contributed by atoms with van der Waals surface area (Å²) in [6.45, 7) is 2.02. The standard InChI is InChI=1S/C22H26N6O3S/c1-30-14-18(15-5-3-6-17(11-15)31-2)19(29)12-21-26-27-22(32-21)24-16-8-10-28(13-16)20-7-4-9-23-25-20/h3-7,9,11,16,18H,8,10,12-14H2,1-2H3,(H,24,27)/t16-,18-/m1/s1. The largest absolute Gasteiger partial charge is 0.497 e. The molecule has 0 amide bonds. The highest BCUT2D eigenvalue weighted by Gasteiger charge is 2.26. The number of hydrogen-bond donors (Lipinski definition) is 1. The van der Waals surface area contributed by atoms with Gasteiger partial charge >= 0.3 is 0 Å². The molecule has 0 aliphatic carbocycles. The van der Waals surface area contributed by atoms with E-state index in [0.717, 1.165) is 36.0 Å². The minimum Gasteiger partial charge on any atom is -0.497 e. The van der Waals surface area contributed by atoms with Crippen LogP contribution < -0.4 is 15.0 Å². The number of aromatic nitrogens is 4. The molecule has 3 heterocycles. The Hall–Kier alpha value is -3.11.